The monoisotopic (exact) mass is 362 g/mol. The lowest BCUT2D eigenvalue weighted by Crippen LogP contribution is -2.43. The van der Waals surface area contributed by atoms with Gasteiger partial charge in [0.15, 0.2) is 6.61 Å². The van der Waals surface area contributed by atoms with Gasteiger partial charge in [0.2, 0.25) is 0 Å². The van der Waals surface area contributed by atoms with Gasteiger partial charge in [-0.1, -0.05) is 25.8 Å². The molecule has 0 aromatic heterocycles. The fraction of sp³-hybridized carbons (Fsp3) is 0.526. The van der Waals surface area contributed by atoms with Gasteiger partial charge in [0.25, 0.3) is 11.8 Å². The number of esters is 1. The Bertz CT molecular complexity index is 647. The van der Waals surface area contributed by atoms with E-state index in [0.29, 0.717) is 17.2 Å². The van der Waals surface area contributed by atoms with Gasteiger partial charge < -0.3 is 20.1 Å². The van der Waals surface area contributed by atoms with Gasteiger partial charge in [-0.2, -0.15) is 0 Å². The van der Waals surface area contributed by atoms with Gasteiger partial charge >= 0.3 is 5.97 Å². The van der Waals surface area contributed by atoms with E-state index >= 15 is 0 Å². The quantitative estimate of drug-likeness (QED) is 0.720. The summed E-state index contributed by atoms with van der Waals surface area (Å²) < 4.78 is 9.97. The summed E-state index contributed by atoms with van der Waals surface area (Å²) in [5.74, 6) is -0.398. The average molecular weight is 362 g/mol. The summed E-state index contributed by atoms with van der Waals surface area (Å²) in [6.45, 7) is 1.48. The number of methoxy groups -OCH3 is 1. The fourth-order valence-electron chi connectivity index (χ4n) is 3.00. The highest BCUT2D eigenvalue weighted by molar-refractivity contribution is 5.96. The first kappa shape index (κ1) is 19.8. The molecule has 0 radical (unpaired) electrons. The molecule has 2 rings (SSSR count). The number of amides is 2. The van der Waals surface area contributed by atoms with E-state index < -0.39 is 11.9 Å². The third-order valence-electron chi connectivity index (χ3n) is 4.55. The molecular formula is C19H26N2O5. The molecule has 1 aliphatic rings. The van der Waals surface area contributed by atoms with Gasteiger partial charge in [0, 0.05) is 11.6 Å². The van der Waals surface area contributed by atoms with Crippen LogP contribution in [0.3, 0.4) is 0 Å². The number of carbonyl (C=O) groups is 3. The van der Waals surface area contributed by atoms with Crippen molar-refractivity contribution in [3.8, 4) is 5.75 Å². The third-order valence-corrected chi connectivity index (χ3v) is 4.55. The zero-order valence-corrected chi connectivity index (χ0v) is 15.2. The second kappa shape index (κ2) is 9.79. The number of nitrogens with one attached hydrogen (secondary N) is 2. The highest BCUT2D eigenvalue weighted by Crippen LogP contribution is 2.23. The maximum Gasteiger partial charge on any atom is 0.325 e. The first-order chi connectivity index (χ1) is 12.5. The van der Waals surface area contributed by atoms with Crippen molar-refractivity contribution in [1.29, 1.82) is 0 Å². The average Bonchev–Trinajstić information content (AvgIpc) is 2.66. The van der Waals surface area contributed by atoms with Crippen LogP contribution < -0.4 is 15.4 Å². The Morgan fingerprint density at radius 3 is 2.69 bits per heavy atom. The molecule has 0 spiro atoms. The third kappa shape index (κ3) is 6.06. The second-order valence-corrected chi connectivity index (χ2v) is 6.51. The molecule has 2 amide bonds. The number of hydrogen-bond donors (Lipinski definition) is 2. The first-order valence-corrected chi connectivity index (χ1v) is 8.87. The summed E-state index contributed by atoms with van der Waals surface area (Å²) in [5, 5.41) is 5.37. The van der Waals surface area contributed by atoms with Gasteiger partial charge in [-0.15, -0.1) is 0 Å². The zero-order valence-electron chi connectivity index (χ0n) is 15.2. The Morgan fingerprint density at radius 1 is 1.19 bits per heavy atom. The molecule has 7 nitrogen and oxygen atoms in total. The molecule has 1 saturated carbocycles. The molecule has 0 aliphatic heterocycles. The van der Waals surface area contributed by atoms with Crippen LogP contribution in [0.15, 0.2) is 24.3 Å². The molecule has 2 N–H and O–H groups in total. The molecule has 1 aromatic rings. The molecule has 7 heteroatoms. The predicted octanol–water partition coefficient (Wildman–Crippen LogP) is 1.66. The molecular weight excluding hydrogens is 336 g/mol. The van der Waals surface area contributed by atoms with Crippen molar-refractivity contribution in [1.82, 2.24) is 10.6 Å². The summed E-state index contributed by atoms with van der Waals surface area (Å²) in [6, 6.07) is 6.73. The van der Waals surface area contributed by atoms with Crippen LogP contribution in [-0.2, 0) is 14.3 Å². The molecule has 1 aliphatic carbocycles. The largest absolute Gasteiger partial charge is 0.497 e. The molecule has 0 heterocycles. The van der Waals surface area contributed by atoms with Gasteiger partial charge in [-0.25, -0.2) is 0 Å². The lowest BCUT2D eigenvalue weighted by atomic mass is 9.86. The molecule has 0 saturated heterocycles. The maximum atomic E-state index is 12.0. The summed E-state index contributed by atoms with van der Waals surface area (Å²) >= 11 is 0. The number of rotatable bonds is 7. The number of benzene rings is 1. The Hall–Kier alpha value is -2.57. The SMILES string of the molecule is COc1cccc(C(=O)NCC(=O)OCC(=O)N[C@@H]2CCCC[C@@H]2C)c1. The van der Waals surface area contributed by atoms with Gasteiger partial charge in [-0.3, -0.25) is 14.4 Å². The van der Waals surface area contributed by atoms with E-state index in [4.69, 9.17) is 9.47 Å². The molecule has 1 aromatic carbocycles. The van der Waals surface area contributed by atoms with Gasteiger partial charge in [-0.05, 0) is 37.0 Å². The minimum absolute atomic E-state index is 0.141. The van der Waals surface area contributed by atoms with Crippen molar-refractivity contribution in [2.45, 2.75) is 38.6 Å². The zero-order chi connectivity index (χ0) is 18.9. The van der Waals surface area contributed by atoms with Crippen molar-refractivity contribution < 1.29 is 23.9 Å². The topological polar surface area (TPSA) is 93.7 Å². The van der Waals surface area contributed by atoms with E-state index in [2.05, 4.69) is 17.6 Å². The molecule has 2 atom stereocenters. The van der Waals surface area contributed by atoms with Gasteiger partial charge in [0.05, 0.1) is 7.11 Å². The number of ether oxygens (including phenoxy) is 2. The van der Waals surface area contributed by atoms with Crippen LogP contribution in [0.1, 0.15) is 43.0 Å². The first-order valence-electron chi connectivity index (χ1n) is 8.87. The lowest BCUT2D eigenvalue weighted by Gasteiger charge is -2.29. The summed E-state index contributed by atoms with van der Waals surface area (Å²) in [6.07, 6.45) is 4.35. The van der Waals surface area contributed by atoms with Crippen molar-refractivity contribution in [3.05, 3.63) is 29.8 Å². The molecule has 26 heavy (non-hydrogen) atoms. The van der Waals surface area contributed by atoms with E-state index in [1.165, 1.54) is 13.5 Å². The van der Waals surface area contributed by atoms with Crippen molar-refractivity contribution in [2.24, 2.45) is 5.92 Å². The van der Waals surface area contributed by atoms with E-state index in [1.54, 1.807) is 24.3 Å². The minimum atomic E-state index is -0.659. The maximum absolute atomic E-state index is 12.0. The molecule has 1 fully saturated rings. The van der Waals surface area contributed by atoms with E-state index in [0.717, 1.165) is 19.3 Å². The van der Waals surface area contributed by atoms with Crippen molar-refractivity contribution >= 4 is 17.8 Å². The summed E-state index contributed by atoms with van der Waals surface area (Å²) in [5.41, 5.74) is 0.376. The van der Waals surface area contributed by atoms with Crippen LogP contribution >= 0.6 is 0 Å². The summed E-state index contributed by atoms with van der Waals surface area (Å²) in [4.78, 5) is 35.6. The Labute approximate surface area is 153 Å². The van der Waals surface area contributed by atoms with Crippen LogP contribution in [0.5, 0.6) is 5.75 Å². The number of hydrogen-bond acceptors (Lipinski definition) is 5. The number of carbonyl (C=O) groups excluding carboxylic acids is 3. The van der Waals surface area contributed by atoms with Crippen molar-refractivity contribution in [3.63, 3.8) is 0 Å². The Balaban J connectivity index is 1.69. The van der Waals surface area contributed by atoms with Crippen LogP contribution in [0.2, 0.25) is 0 Å². The van der Waals surface area contributed by atoms with Gasteiger partial charge in [0.1, 0.15) is 12.3 Å². The lowest BCUT2D eigenvalue weighted by molar-refractivity contribution is -0.147. The highest BCUT2D eigenvalue weighted by atomic mass is 16.5. The predicted molar refractivity (Wildman–Crippen MR) is 95.8 cm³/mol. The van der Waals surface area contributed by atoms with Crippen LogP contribution in [-0.4, -0.2) is 44.1 Å². The smallest absolute Gasteiger partial charge is 0.325 e. The minimum Gasteiger partial charge on any atom is -0.497 e. The second-order valence-electron chi connectivity index (χ2n) is 6.51. The van der Waals surface area contributed by atoms with Crippen LogP contribution in [0.4, 0.5) is 0 Å². The molecule has 0 bridgehead atoms. The van der Waals surface area contributed by atoms with Crippen LogP contribution in [0.25, 0.3) is 0 Å². The summed E-state index contributed by atoms with van der Waals surface area (Å²) in [7, 11) is 1.51. The normalized spacial score (nSPS) is 19.3. The van der Waals surface area contributed by atoms with E-state index in [1.807, 2.05) is 0 Å². The Morgan fingerprint density at radius 2 is 1.96 bits per heavy atom. The molecule has 142 valence electrons. The molecule has 0 unspecified atom stereocenters. The van der Waals surface area contributed by atoms with Crippen molar-refractivity contribution in [2.75, 3.05) is 20.3 Å². The fourth-order valence-corrected chi connectivity index (χ4v) is 3.00. The van der Waals surface area contributed by atoms with E-state index in [-0.39, 0.29) is 25.1 Å². The highest BCUT2D eigenvalue weighted by Gasteiger charge is 2.23. The van der Waals surface area contributed by atoms with E-state index in [9.17, 15) is 14.4 Å². The van der Waals surface area contributed by atoms with Crippen LogP contribution in [0, 0.1) is 5.92 Å². The standard InChI is InChI=1S/C19H26N2O5/c1-13-6-3-4-9-16(13)21-17(22)12-26-18(23)11-20-19(24)14-7-5-8-15(10-14)25-2/h5,7-8,10,13,16H,3-4,6,9,11-12H2,1-2H3,(H,20,24)(H,21,22)/t13-,16+/m0/s1. The Kier molecular flexibility index (Phi) is 7.44.